The van der Waals surface area contributed by atoms with Crippen molar-refractivity contribution < 1.29 is 13.7 Å². The monoisotopic (exact) mass is 413 g/mol. The summed E-state index contributed by atoms with van der Waals surface area (Å²) < 4.78 is 19.3. The van der Waals surface area contributed by atoms with Gasteiger partial charge >= 0.3 is 0 Å². The Bertz CT molecular complexity index is 971. The van der Waals surface area contributed by atoms with Crippen LogP contribution in [0, 0.1) is 12.7 Å². The summed E-state index contributed by atoms with van der Waals surface area (Å²) in [6, 6.07) is 8.90. The van der Waals surface area contributed by atoms with Crippen LogP contribution in [0.2, 0.25) is 15.1 Å². The highest BCUT2D eigenvalue weighted by molar-refractivity contribution is 6.35. The van der Waals surface area contributed by atoms with Crippen LogP contribution in [-0.2, 0) is 0 Å². The molecule has 0 aliphatic rings. The van der Waals surface area contributed by atoms with Crippen LogP contribution in [0.25, 0.3) is 11.3 Å². The number of rotatable bonds is 4. The maximum absolute atomic E-state index is 14.2. The first kappa shape index (κ1) is 18.5. The minimum atomic E-state index is -0.620. The smallest absolute Gasteiger partial charge is 0.275 e. The summed E-state index contributed by atoms with van der Waals surface area (Å²) in [5.74, 6) is -1.02. The van der Waals surface area contributed by atoms with E-state index in [4.69, 9.17) is 39.3 Å². The van der Waals surface area contributed by atoms with Gasteiger partial charge in [0, 0.05) is 5.02 Å². The summed E-state index contributed by atoms with van der Waals surface area (Å²) >= 11 is 18.0. The van der Waals surface area contributed by atoms with Crippen molar-refractivity contribution in [3.8, 4) is 11.3 Å². The van der Waals surface area contributed by atoms with Crippen molar-refractivity contribution in [2.75, 3.05) is 5.43 Å². The predicted octanol–water partition coefficient (Wildman–Crippen LogP) is 5.51. The summed E-state index contributed by atoms with van der Waals surface area (Å²) in [5, 5.41) is 4.68. The third kappa shape index (κ3) is 3.62. The lowest BCUT2D eigenvalue weighted by Gasteiger charge is -2.11. The Morgan fingerprint density at radius 3 is 2.65 bits per heavy atom. The molecule has 0 aliphatic carbocycles. The zero-order chi connectivity index (χ0) is 18.8. The van der Waals surface area contributed by atoms with E-state index >= 15 is 0 Å². The number of nitrogens with one attached hydrogen (secondary N) is 2. The molecule has 134 valence electrons. The van der Waals surface area contributed by atoms with Gasteiger partial charge in [0.05, 0.1) is 21.3 Å². The molecule has 0 unspecified atom stereocenters. The van der Waals surface area contributed by atoms with Crippen LogP contribution in [0.3, 0.4) is 0 Å². The molecule has 0 saturated carbocycles. The second kappa shape index (κ2) is 7.53. The maximum atomic E-state index is 14.2. The van der Waals surface area contributed by atoms with Gasteiger partial charge in [0.25, 0.3) is 5.91 Å². The number of carbonyl (C=O) groups excluding carboxylic acids is 1. The normalized spacial score (nSPS) is 10.7. The van der Waals surface area contributed by atoms with Gasteiger partial charge in [-0.1, -0.05) is 46.0 Å². The zero-order valence-corrected chi connectivity index (χ0v) is 15.5. The van der Waals surface area contributed by atoms with Crippen LogP contribution in [0.15, 0.2) is 40.9 Å². The van der Waals surface area contributed by atoms with Gasteiger partial charge < -0.3 is 4.52 Å². The Labute approximate surface area is 163 Å². The minimum absolute atomic E-state index is 0.00194. The van der Waals surface area contributed by atoms with E-state index in [2.05, 4.69) is 16.0 Å². The number of benzene rings is 2. The number of carbonyl (C=O) groups is 1. The molecule has 2 N–H and O–H groups in total. The highest BCUT2D eigenvalue weighted by Gasteiger charge is 2.25. The molecular formula is C17H11Cl3FN3O2. The third-order valence-corrected chi connectivity index (χ3v) is 4.41. The first-order valence-corrected chi connectivity index (χ1v) is 8.44. The van der Waals surface area contributed by atoms with Gasteiger partial charge in [0.15, 0.2) is 0 Å². The van der Waals surface area contributed by atoms with Crippen LogP contribution in [0.4, 0.5) is 10.1 Å². The Balaban J connectivity index is 1.91. The highest BCUT2D eigenvalue weighted by Crippen LogP contribution is 2.33. The van der Waals surface area contributed by atoms with Crippen LogP contribution in [0.1, 0.15) is 16.1 Å². The standard InChI is InChI=1S/C17H11Cl3FN3O2/c1-8-14(16(24-26-8)15-11(20)3-2-4-12(15)21)17(25)23-22-13-7-9(18)5-6-10(13)19/h2-7,22H,1H3,(H,23,25). The SMILES string of the molecule is Cc1onc(-c2c(F)cccc2Cl)c1C(=O)NNc1cc(Cl)ccc1Cl. The molecule has 3 aromatic rings. The number of aromatic nitrogens is 1. The van der Waals surface area contributed by atoms with E-state index < -0.39 is 11.7 Å². The van der Waals surface area contributed by atoms with E-state index in [1.807, 2.05) is 0 Å². The molecule has 2 aromatic carbocycles. The molecular weight excluding hydrogens is 404 g/mol. The van der Waals surface area contributed by atoms with Crippen molar-refractivity contribution in [2.45, 2.75) is 6.92 Å². The number of amides is 1. The number of anilines is 1. The number of hydrogen-bond donors (Lipinski definition) is 2. The average molecular weight is 415 g/mol. The maximum Gasteiger partial charge on any atom is 0.275 e. The molecule has 3 rings (SSSR count). The molecule has 0 aliphatic heterocycles. The van der Waals surface area contributed by atoms with Gasteiger partial charge in [-0.05, 0) is 37.3 Å². The first-order chi connectivity index (χ1) is 12.4. The molecule has 0 atom stereocenters. The Morgan fingerprint density at radius 1 is 1.15 bits per heavy atom. The van der Waals surface area contributed by atoms with Gasteiger partial charge in [-0.2, -0.15) is 0 Å². The van der Waals surface area contributed by atoms with Crippen molar-refractivity contribution >= 4 is 46.4 Å². The quantitative estimate of drug-likeness (QED) is 0.553. The lowest BCUT2D eigenvalue weighted by Crippen LogP contribution is -2.30. The molecule has 0 radical (unpaired) electrons. The lowest BCUT2D eigenvalue weighted by molar-refractivity contribution is 0.0961. The van der Waals surface area contributed by atoms with Crippen molar-refractivity contribution in [1.82, 2.24) is 10.6 Å². The van der Waals surface area contributed by atoms with Crippen molar-refractivity contribution in [3.63, 3.8) is 0 Å². The van der Waals surface area contributed by atoms with Crippen molar-refractivity contribution in [3.05, 3.63) is 68.6 Å². The van der Waals surface area contributed by atoms with Gasteiger partial charge in [-0.15, -0.1) is 0 Å². The summed E-state index contributed by atoms with van der Waals surface area (Å²) in [6.45, 7) is 1.53. The Morgan fingerprint density at radius 2 is 1.92 bits per heavy atom. The number of halogens is 4. The second-order valence-corrected chi connectivity index (χ2v) is 6.51. The summed E-state index contributed by atoms with van der Waals surface area (Å²) in [4.78, 5) is 12.6. The van der Waals surface area contributed by atoms with E-state index in [0.717, 1.165) is 0 Å². The van der Waals surface area contributed by atoms with Crippen LogP contribution < -0.4 is 10.9 Å². The molecule has 0 saturated heterocycles. The molecule has 1 amide bonds. The average Bonchev–Trinajstić information content (AvgIpc) is 2.96. The molecule has 9 heteroatoms. The molecule has 26 heavy (non-hydrogen) atoms. The summed E-state index contributed by atoms with van der Waals surface area (Å²) in [6.07, 6.45) is 0. The number of aryl methyl sites for hydroxylation is 1. The molecule has 5 nitrogen and oxygen atoms in total. The number of hydrazine groups is 1. The molecule has 1 aromatic heterocycles. The van der Waals surface area contributed by atoms with E-state index in [1.54, 1.807) is 18.2 Å². The van der Waals surface area contributed by atoms with E-state index in [0.29, 0.717) is 15.7 Å². The molecule has 1 heterocycles. The van der Waals surface area contributed by atoms with Gasteiger partial charge in [0.2, 0.25) is 0 Å². The predicted molar refractivity (Wildman–Crippen MR) is 99.2 cm³/mol. The lowest BCUT2D eigenvalue weighted by atomic mass is 10.1. The summed E-state index contributed by atoms with van der Waals surface area (Å²) in [7, 11) is 0. The van der Waals surface area contributed by atoms with Gasteiger partial charge in [-0.25, -0.2) is 4.39 Å². The van der Waals surface area contributed by atoms with Crippen LogP contribution >= 0.6 is 34.8 Å². The van der Waals surface area contributed by atoms with Crippen LogP contribution in [0.5, 0.6) is 0 Å². The fourth-order valence-electron chi connectivity index (χ4n) is 2.31. The molecule has 0 fully saturated rings. The Hall–Kier alpha value is -2.28. The molecule has 0 bridgehead atoms. The topological polar surface area (TPSA) is 67.2 Å². The van der Waals surface area contributed by atoms with Gasteiger partial charge in [-0.3, -0.25) is 15.6 Å². The largest absolute Gasteiger partial charge is 0.360 e. The fourth-order valence-corrected chi connectivity index (χ4v) is 2.90. The van der Waals surface area contributed by atoms with Gasteiger partial charge in [0.1, 0.15) is 22.8 Å². The van der Waals surface area contributed by atoms with E-state index in [9.17, 15) is 9.18 Å². The van der Waals surface area contributed by atoms with Crippen molar-refractivity contribution in [2.24, 2.45) is 0 Å². The van der Waals surface area contributed by atoms with E-state index in [1.165, 1.54) is 25.1 Å². The highest BCUT2D eigenvalue weighted by atomic mass is 35.5. The van der Waals surface area contributed by atoms with E-state index in [-0.39, 0.29) is 27.6 Å². The van der Waals surface area contributed by atoms with Crippen LogP contribution in [-0.4, -0.2) is 11.1 Å². The number of hydrogen-bond acceptors (Lipinski definition) is 4. The second-order valence-electron chi connectivity index (χ2n) is 5.26. The molecule has 0 spiro atoms. The number of nitrogens with zero attached hydrogens (tertiary/aromatic N) is 1. The van der Waals surface area contributed by atoms with Crippen molar-refractivity contribution in [1.29, 1.82) is 0 Å². The first-order valence-electron chi connectivity index (χ1n) is 7.30. The fraction of sp³-hybridized carbons (Fsp3) is 0.0588. The third-order valence-electron chi connectivity index (χ3n) is 3.53. The zero-order valence-electron chi connectivity index (χ0n) is 13.2. The Kier molecular flexibility index (Phi) is 5.36. The summed E-state index contributed by atoms with van der Waals surface area (Å²) in [5.41, 5.74) is 5.55. The minimum Gasteiger partial charge on any atom is -0.360 e.